The van der Waals surface area contributed by atoms with Crippen LogP contribution < -0.4 is 0 Å². The number of rotatable bonds is 5. The van der Waals surface area contributed by atoms with Crippen LogP contribution in [0.1, 0.15) is 39.5 Å². The van der Waals surface area contributed by atoms with E-state index in [1.54, 1.807) is 19.0 Å². The van der Waals surface area contributed by atoms with E-state index < -0.39 is 0 Å². The standard InChI is InChI=1S/C28H27N3O2/c1-18-12-14-19(15-13-18)26-25(22-10-6-7-11-23(22)29-26)27-20-8-4-5-9-21(20)28(33)31(27)17-16-24(32)30(2)3/h4-15,27,29H,16-17H2,1-3H3/t27-/m1/s1. The summed E-state index contributed by atoms with van der Waals surface area (Å²) in [7, 11) is 3.49. The molecule has 4 aromatic rings. The molecule has 0 fully saturated rings. The molecule has 0 saturated carbocycles. The minimum atomic E-state index is -0.267. The quantitative estimate of drug-likeness (QED) is 0.468. The van der Waals surface area contributed by atoms with Gasteiger partial charge in [-0.2, -0.15) is 0 Å². The van der Waals surface area contributed by atoms with Gasteiger partial charge in [0.15, 0.2) is 0 Å². The largest absolute Gasteiger partial charge is 0.354 e. The minimum Gasteiger partial charge on any atom is -0.354 e. The molecule has 33 heavy (non-hydrogen) atoms. The maximum absolute atomic E-state index is 13.5. The number of benzene rings is 3. The summed E-state index contributed by atoms with van der Waals surface area (Å²) in [5, 5.41) is 1.09. The van der Waals surface area contributed by atoms with Gasteiger partial charge in [0.2, 0.25) is 5.91 Å². The van der Waals surface area contributed by atoms with Crippen LogP contribution in [0.4, 0.5) is 0 Å². The molecule has 0 bridgehead atoms. The molecule has 0 radical (unpaired) electrons. The lowest BCUT2D eigenvalue weighted by molar-refractivity contribution is -0.128. The zero-order chi connectivity index (χ0) is 23.1. The second-order valence-corrected chi connectivity index (χ2v) is 8.85. The molecule has 1 atom stereocenters. The lowest BCUT2D eigenvalue weighted by Crippen LogP contribution is -2.33. The molecule has 0 aliphatic carbocycles. The van der Waals surface area contributed by atoms with Gasteiger partial charge in [-0.3, -0.25) is 9.59 Å². The summed E-state index contributed by atoms with van der Waals surface area (Å²) in [4.78, 5) is 32.9. The molecule has 5 nitrogen and oxygen atoms in total. The highest BCUT2D eigenvalue weighted by Gasteiger charge is 2.40. The molecule has 166 valence electrons. The number of carbonyl (C=O) groups is 2. The van der Waals surface area contributed by atoms with E-state index in [2.05, 4.69) is 48.3 Å². The van der Waals surface area contributed by atoms with E-state index in [0.717, 1.165) is 33.3 Å². The molecule has 3 aromatic carbocycles. The van der Waals surface area contributed by atoms with E-state index in [-0.39, 0.29) is 24.3 Å². The first kappa shape index (κ1) is 21.0. The third-order valence-electron chi connectivity index (χ3n) is 6.48. The fourth-order valence-corrected chi connectivity index (χ4v) is 4.75. The Morgan fingerprint density at radius 3 is 2.42 bits per heavy atom. The average molecular weight is 438 g/mol. The Hall–Kier alpha value is -3.86. The van der Waals surface area contributed by atoms with Crippen molar-refractivity contribution in [1.29, 1.82) is 0 Å². The topological polar surface area (TPSA) is 56.4 Å². The van der Waals surface area contributed by atoms with Crippen molar-refractivity contribution in [2.24, 2.45) is 0 Å². The van der Waals surface area contributed by atoms with Crippen LogP contribution in [-0.2, 0) is 4.79 Å². The lowest BCUT2D eigenvalue weighted by Gasteiger charge is -2.27. The molecule has 2 heterocycles. The van der Waals surface area contributed by atoms with Crippen molar-refractivity contribution in [1.82, 2.24) is 14.8 Å². The van der Waals surface area contributed by atoms with E-state index in [4.69, 9.17) is 0 Å². The highest BCUT2D eigenvalue weighted by atomic mass is 16.2. The second kappa shape index (κ2) is 8.24. The Balaban J connectivity index is 1.70. The Morgan fingerprint density at radius 2 is 1.67 bits per heavy atom. The molecule has 5 heteroatoms. The normalized spacial score (nSPS) is 15.2. The highest BCUT2D eigenvalue weighted by molar-refractivity contribution is 6.02. The van der Waals surface area contributed by atoms with Crippen LogP contribution in [0.25, 0.3) is 22.2 Å². The Kier molecular flexibility index (Phi) is 5.25. The van der Waals surface area contributed by atoms with Crippen LogP contribution >= 0.6 is 0 Å². The van der Waals surface area contributed by atoms with Crippen molar-refractivity contribution in [2.45, 2.75) is 19.4 Å². The molecule has 0 unspecified atom stereocenters. The number of aromatic amines is 1. The summed E-state index contributed by atoms with van der Waals surface area (Å²) in [6.07, 6.45) is 0.283. The molecule has 0 spiro atoms. The number of fused-ring (bicyclic) bond motifs is 2. The highest BCUT2D eigenvalue weighted by Crippen LogP contribution is 2.45. The fraction of sp³-hybridized carbons (Fsp3) is 0.214. The molecular weight excluding hydrogens is 410 g/mol. The van der Waals surface area contributed by atoms with Gasteiger partial charge in [-0.25, -0.2) is 0 Å². The van der Waals surface area contributed by atoms with Crippen molar-refractivity contribution < 1.29 is 9.59 Å². The minimum absolute atomic E-state index is 0.00944. The summed E-state index contributed by atoms with van der Waals surface area (Å²) >= 11 is 0. The van der Waals surface area contributed by atoms with Crippen LogP contribution in [0.2, 0.25) is 0 Å². The van der Waals surface area contributed by atoms with E-state index >= 15 is 0 Å². The van der Waals surface area contributed by atoms with Crippen LogP contribution in [0.3, 0.4) is 0 Å². The van der Waals surface area contributed by atoms with Crippen molar-refractivity contribution in [3.05, 3.63) is 95.1 Å². The second-order valence-electron chi connectivity index (χ2n) is 8.85. The number of aromatic nitrogens is 1. The third kappa shape index (κ3) is 3.59. The number of para-hydroxylation sites is 1. The Labute approximate surface area is 193 Å². The molecule has 1 aliphatic heterocycles. The van der Waals surface area contributed by atoms with Gasteiger partial charge in [-0.1, -0.05) is 66.2 Å². The maximum Gasteiger partial charge on any atom is 0.255 e. The molecule has 1 aromatic heterocycles. The summed E-state index contributed by atoms with van der Waals surface area (Å²) in [6, 6.07) is 24.2. The average Bonchev–Trinajstić information content (AvgIpc) is 3.33. The lowest BCUT2D eigenvalue weighted by atomic mass is 9.93. The molecule has 0 saturated heterocycles. The van der Waals surface area contributed by atoms with Crippen molar-refractivity contribution in [3.8, 4) is 11.3 Å². The summed E-state index contributed by atoms with van der Waals surface area (Å²) in [5.74, 6) is -0.0162. The van der Waals surface area contributed by atoms with Crippen molar-refractivity contribution in [3.63, 3.8) is 0 Å². The number of nitrogens with one attached hydrogen (secondary N) is 1. The fourth-order valence-electron chi connectivity index (χ4n) is 4.75. The predicted octanol–water partition coefficient (Wildman–Crippen LogP) is 5.17. The molecule has 2 amide bonds. The number of carbonyl (C=O) groups excluding carboxylic acids is 2. The van der Waals surface area contributed by atoms with E-state index in [0.29, 0.717) is 12.1 Å². The third-order valence-corrected chi connectivity index (χ3v) is 6.48. The van der Waals surface area contributed by atoms with E-state index in [1.165, 1.54) is 5.56 Å². The van der Waals surface area contributed by atoms with Crippen LogP contribution in [0, 0.1) is 6.92 Å². The molecular formula is C28H27N3O2. The SMILES string of the molecule is Cc1ccc(-c2[nH]c3ccccc3c2[C@H]2c3ccccc3C(=O)N2CCC(=O)N(C)C)cc1. The van der Waals surface area contributed by atoms with Gasteiger partial charge in [-0.05, 0) is 30.2 Å². The number of H-pyrrole nitrogens is 1. The zero-order valence-corrected chi connectivity index (χ0v) is 19.1. The first-order valence-corrected chi connectivity index (χ1v) is 11.2. The summed E-state index contributed by atoms with van der Waals surface area (Å²) in [5.41, 5.74) is 7.08. The van der Waals surface area contributed by atoms with Gasteiger partial charge in [0.1, 0.15) is 0 Å². The summed E-state index contributed by atoms with van der Waals surface area (Å²) in [6.45, 7) is 2.44. The Morgan fingerprint density at radius 1 is 0.970 bits per heavy atom. The molecule has 1 aliphatic rings. The number of hydrogen-bond acceptors (Lipinski definition) is 2. The number of nitrogens with zero attached hydrogens (tertiary/aromatic N) is 2. The predicted molar refractivity (Wildman–Crippen MR) is 131 cm³/mol. The van der Waals surface area contributed by atoms with Gasteiger partial charge in [0, 0.05) is 49.1 Å². The summed E-state index contributed by atoms with van der Waals surface area (Å²) < 4.78 is 0. The molecule has 5 rings (SSSR count). The van der Waals surface area contributed by atoms with Crippen LogP contribution in [-0.4, -0.2) is 47.2 Å². The van der Waals surface area contributed by atoms with E-state index in [9.17, 15) is 9.59 Å². The number of aryl methyl sites for hydroxylation is 1. The maximum atomic E-state index is 13.5. The van der Waals surface area contributed by atoms with E-state index in [1.807, 2.05) is 41.3 Å². The van der Waals surface area contributed by atoms with Gasteiger partial charge in [0.25, 0.3) is 5.91 Å². The first-order chi connectivity index (χ1) is 16.0. The number of amides is 2. The first-order valence-electron chi connectivity index (χ1n) is 11.2. The van der Waals surface area contributed by atoms with Gasteiger partial charge in [-0.15, -0.1) is 0 Å². The smallest absolute Gasteiger partial charge is 0.255 e. The molecule has 1 N–H and O–H groups in total. The Bertz CT molecular complexity index is 1350. The van der Waals surface area contributed by atoms with Crippen LogP contribution in [0.15, 0.2) is 72.8 Å². The van der Waals surface area contributed by atoms with Crippen molar-refractivity contribution in [2.75, 3.05) is 20.6 Å². The monoisotopic (exact) mass is 437 g/mol. The van der Waals surface area contributed by atoms with Gasteiger partial charge >= 0.3 is 0 Å². The van der Waals surface area contributed by atoms with Crippen LogP contribution in [0.5, 0.6) is 0 Å². The van der Waals surface area contributed by atoms with Crippen molar-refractivity contribution >= 4 is 22.7 Å². The zero-order valence-electron chi connectivity index (χ0n) is 19.1. The number of hydrogen-bond donors (Lipinski definition) is 1. The van der Waals surface area contributed by atoms with Gasteiger partial charge < -0.3 is 14.8 Å². The van der Waals surface area contributed by atoms with Gasteiger partial charge in [0.05, 0.1) is 11.7 Å².